The lowest BCUT2D eigenvalue weighted by Crippen LogP contribution is -2.34. The Labute approximate surface area is 186 Å². The molecule has 0 amide bonds. The molecule has 1 aliphatic carbocycles. The van der Waals surface area contributed by atoms with Crippen molar-refractivity contribution in [2.75, 3.05) is 13.7 Å². The average molecular weight is 418 g/mol. The van der Waals surface area contributed by atoms with Crippen molar-refractivity contribution in [3.05, 3.63) is 71.6 Å². The van der Waals surface area contributed by atoms with Gasteiger partial charge in [-0.2, -0.15) is 0 Å². The van der Waals surface area contributed by atoms with E-state index in [0.29, 0.717) is 23.7 Å². The summed E-state index contributed by atoms with van der Waals surface area (Å²) in [5.74, 6) is 4.41. The largest absolute Gasteiger partial charge is 0.497 e. The molecular weight excluding hydrogens is 382 g/mol. The molecule has 1 aliphatic rings. The highest BCUT2D eigenvalue weighted by Crippen LogP contribution is 2.38. The van der Waals surface area contributed by atoms with Gasteiger partial charge in [-0.1, -0.05) is 55.8 Å². The molecule has 0 spiro atoms. The number of fused-ring (bicyclic) bond motifs is 1. The normalized spacial score (nSPS) is 21.5. The molecule has 1 heterocycles. The minimum atomic E-state index is 0.542. The second-order valence-electron chi connectivity index (χ2n) is 9.30. The number of H-pyrrole nitrogens is 1. The first-order valence-corrected chi connectivity index (χ1v) is 11.5. The Morgan fingerprint density at radius 2 is 1.97 bits per heavy atom. The maximum atomic E-state index is 5.35. The Kier molecular flexibility index (Phi) is 6.77. The fourth-order valence-electron chi connectivity index (χ4n) is 4.99. The maximum Gasteiger partial charge on any atom is 0.121 e. The van der Waals surface area contributed by atoms with E-state index < -0.39 is 0 Å². The minimum Gasteiger partial charge on any atom is -0.497 e. The van der Waals surface area contributed by atoms with Gasteiger partial charge in [0.05, 0.1) is 18.1 Å². The minimum absolute atomic E-state index is 0.542. The van der Waals surface area contributed by atoms with Crippen LogP contribution in [0.15, 0.2) is 60.2 Å². The van der Waals surface area contributed by atoms with Gasteiger partial charge >= 0.3 is 0 Å². The summed E-state index contributed by atoms with van der Waals surface area (Å²) in [5.41, 5.74) is 4.91. The van der Waals surface area contributed by atoms with Crippen LogP contribution in [0.1, 0.15) is 38.6 Å². The van der Waals surface area contributed by atoms with E-state index in [1.54, 1.807) is 7.11 Å². The van der Waals surface area contributed by atoms with Gasteiger partial charge in [-0.25, -0.2) is 4.98 Å². The number of rotatable bonds is 8. The first-order valence-electron chi connectivity index (χ1n) is 11.5. The first kappa shape index (κ1) is 21.6. The quantitative estimate of drug-likeness (QED) is 0.458. The summed E-state index contributed by atoms with van der Waals surface area (Å²) in [6, 6.07) is 16.7. The van der Waals surface area contributed by atoms with Crippen molar-refractivity contribution in [2.24, 2.45) is 23.7 Å². The molecule has 0 bridgehead atoms. The summed E-state index contributed by atoms with van der Waals surface area (Å²) < 4.78 is 5.35. The van der Waals surface area contributed by atoms with Crippen LogP contribution in [0.2, 0.25) is 0 Å². The van der Waals surface area contributed by atoms with E-state index in [1.165, 1.54) is 17.6 Å². The third-order valence-corrected chi connectivity index (χ3v) is 6.81. The lowest BCUT2D eigenvalue weighted by Gasteiger charge is -2.37. The van der Waals surface area contributed by atoms with Crippen molar-refractivity contribution < 1.29 is 4.74 Å². The molecule has 0 fully saturated rings. The number of benzene rings is 2. The molecule has 2 N–H and O–H groups in total. The van der Waals surface area contributed by atoms with Crippen LogP contribution in [0.4, 0.5) is 0 Å². The highest BCUT2D eigenvalue weighted by atomic mass is 16.5. The van der Waals surface area contributed by atoms with Gasteiger partial charge in [-0.15, -0.1) is 0 Å². The van der Waals surface area contributed by atoms with Crippen LogP contribution in [0.25, 0.3) is 11.0 Å². The number of nitrogens with one attached hydrogen (secondary N) is 2. The molecule has 0 radical (unpaired) electrons. The summed E-state index contributed by atoms with van der Waals surface area (Å²) in [7, 11) is 1.70. The molecule has 0 saturated carbocycles. The van der Waals surface area contributed by atoms with Crippen LogP contribution in [0.5, 0.6) is 5.75 Å². The smallest absolute Gasteiger partial charge is 0.121 e. The average Bonchev–Trinajstić information content (AvgIpc) is 3.17. The monoisotopic (exact) mass is 417 g/mol. The molecule has 2 aromatic carbocycles. The number of methoxy groups -OCH3 is 1. The van der Waals surface area contributed by atoms with Gasteiger partial charge in [0.2, 0.25) is 0 Å². The van der Waals surface area contributed by atoms with Gasteiger partial charge in [-0.05, 0) is 54.7 Å². The second-order valence-corrected chi connectivity index (χ2v) is 9.30. The molecule has 3 unspecified atom stereocenters. The van der Waals surface area contributed by atoms with E-state index >= 15 is 0 Å². The Balaban J connectivity index is 1.44. The van der Waals surface area contributed by atoms with Gasteiger partial charge in [0.25, 0.3) is 0 Å². The Bertz CT molecular complexity index is 1020. The fourth-order valence-corrected chi connectivity index (χ4v) is 4.99. The number of aromatic nitrogens is 2. The third-order valence-electron chi connectivity index (χ3n) is 6.81. The summed E-state index contributed by atoms with van der Waals surface area (Å²) >= 11 is 0. The molecule has 0 saturated heterocycles. The van der Waals surface area contributed by atoms with E-state index in [2.05, 4.69) is 67.5 Å². The lowest BCUT2D eigenvalue weighted by molar-refractivity contribution is 0.221. The van der Waals surface area contributed by atoms with E-state index in [0.717, 1.165) is 42.1 Å². The van der Waals surface area contributed by atoms with Gasteiger partial charge < -0.3 is 15.0 Å². The van der Waals surface area contributed by atoms with Crippen molar-refractivity contribution in [3.63, 3.8) is 0 Å². The van der Waals surface area contributed by atoms with Crippen LogP contribution in [0, 0.1) is 23.7 Å². The second kappa shape index (κ2) is 9.69. The van der Waals surface area contributed by atoms with E-state index in [1.807, 2.05) is 18.2 Å². The predicted molar refractivity (Wildman–Crippen MR) is 128 cm³/mol. The van der Waals surface area contributed by atoms with E-state index in [-0.39, 0.29) is 0 Å². The molecule has 164 valence electrons. The zero-order valence-corrected chi connectivity index (χ0v) is 19.2. The highest BCUT2D eigenvalue weighted by molar-refractivity contribution is 5.76. The number of nitrogens with zero attached hydrogens (tertiary/aromatic N) is 1. The van der Waals surface area contributed by atoms with Crippen LogP contribution in [-0.2, 0) is 13.0 Å². The zero-order chi connectivity index (χ0) is 21.8. The maximum absolute atomic E-state index is 5.35. The van der Waals surface area contributed by atoms with Crippen molar-refractivity contribution in [3.8, 4) is 5.75 Å². The number of hydrogen-bond donors (Lipinski definition) is 2. The molecule has 3 aromatic rings. The summed E-state index contributed by atoms with van der Waals surface area (Å²) in [4.78, 5) is 8.35. The molecule has 4 rings (SSSR count). The number of aromatic amines is 1. The number of hydrogen-bond acceptors (Lipinski definition) is 3. The Morgan fingerprint density at radius 3 is 2.71 bits per heavy atom. The zero-order valence-electron chi connectivity index (χ0n) is 19.2. The van der Waals surface area contributed by atoms with Crippen molar-refractivity contribution >= 4 is 11.0 Å². The molecule has 3 atom stereocenters. The summed E-state index contributed by atoms with van der Waals surface area (Å²) in [5, 5.41) is 3.69. The molecule has 0 aliphatic heterocycles. The van der Waals surface area contributed by atoms with Crippen molar-refractivity contribution in [1.82, 2.24) is 15.3 Å². The van der Waals surface area contributed by atoms with Crippen LogP contribution in [0.3, 0.4) is 0 Å². The highest BCUT2D eigenvalue weighted by Gasteiger charge is 2.31. The Hall–Kier alpha value is -2.59. The van der Waals surface area contributed by atoms with Crippen molar-refractivity contribution in [2.45, 2.75) is 40.2 Å². The first-order chi connectivity index (χ1) is 15.0. The summed E-state index contributed by atoms with van der Waals surface area (Å²) in [6.07, 6.45) is 4.72. The molecular formula is C27H35N3O. The number of imidazole rings is 1. The number of ether oxygens (including phenoxy) is 1. The van der Waals surface area contributed by atoms with Crippen LogP contribution < -0.4 is 10.1 Å². The van der Waals surface area contributed by atoms with E-state index in [4.69, 9.17) is 9.72 Å². The molecule has 4 nitrogen and oxygen atoms in total. The summed E-state index contributed by atoms with van der Waals surface area (Å²) in [6.45, 7) is 9.01. The van der Waals surface area contributed by atoms with Crippen LogP contribution >= 0.6 is 0 Å². The fraction of sp³-hybridized carbons (Fsp3) is 0.444. The van der Waals surface area contributed by atoms with E-state index in [9.17, 15) is 0 Å². The molecule has 4 heteroatoms. The van der Waals surface area contributed by atoms with Gasteiger partial charge in [0, 0.05) is 25.6 Å². The number of allylic oxidation sites excluding steroid dienone is 1. The SMILES string of the molecule is COc1ccc2nc(CC3CC(C(C)C)C(CNCc4ccccc4)C=C3C)[nH]c2c1. The van der Waals surface area contributed by atoms with Gasteiger partial charge in [-0.3, -0.25) is 0 Å². The molecule has 1 aromatic heterocycles. The standard InChI is InChI=1S/C27H35N3O/c1-18(2)24-13-21(14-27-29-25-11-10-23(31-4)15-26(25)30-27)19(3)12-22(24)17-28-16-20-8-6-5-7-9-20/h5-12,15,18,21-22,24,28H,13-14,16-17H2,1-4H3,(H,29,30). The predicted octanol–water partition coefficient (Wildman–Crippen LogP) is 5.76. The topological polar surface area (TPSA) is 49.9 Å². The van der Waals surface area contributed by atoms with Gasteiger partial charge in [0.1, 0.15) is 11.6 Å². The Morgan fingerprint density at radius 1 is 1.16 bits per heavy atom. The third kappa shape index (κ3) is 5.19. The van der Waals surface area contributed by atoms with Crippen LogP contribution in [-0.4, -0.2) is 23.6 Å². The van der Waals surface area contributed by atoms with Crippen molar-refractivity contribution in [1.29, 1.82) is 0 Å². The lowest BCUT2D eigenvalue weighted by atomic mass is 9.70. The molecule has 31 heavy (non-hydrogen) atoms. The van der Waals surface area contributed by atoms with Gasteiger partial charge in [0.15, 0.2) is 0 Å².